The second-order valence-corrected chi connectivity index (χ2v) is 9.03. The molecule has 1 aromatic carbocycles. The minimum Gasteiger partial charge on any atom is -0.445 e. The van der Waals surface area contributed by atoms with Crippen molar-refractivity contribution >= 4 is 36.2 Å². The van der Waals surface area contributed by atoms with Crippen LogP contribution in [0.3, 0.4) is 0 Å². The molecule has 2 unspecified atom stereocenters. The van der Waals surface area contributed by atoms with E-state index in [-0.39, 0.29) is 36.0 Å². The van der Waals surface area contributed by atoms with E-state index in [0.29, 0.717) is 24.9 Å². The third-order valence-electron chi connectivity index (χ3n) is 5.93. The molecule has 11 nitrogen and oxygen atoms in total. The van der Waals surface area contributed by atoms with Gasteiger partial charge in [0.25, 0.3) is 5.69 Å². The molecule has 0 aliphatic carbocycles. The van der Waals surface area contributed by atoms with Crippen molar-refractivity contribution in [3.05, 3.63) is 39.9 Å². The fourth-order valence-corrected chi connectivity index (χ4v) is 4.46. The first-order valence-corrected chi connectivity index (χ1v) is 10.7. The van der Waals surface area contributed by atoms with Crippen molar-refractivity contribution in [2.24, 2.45) is 5.73 Å². The van der Waals surface area contributed by atoms with Gasteiger partial charge in [-0.05, 0) is 44.6 Å². The number of ether oxygens (including phenoxy) is 1. The minimum absolute atomic E-state index is 0.00723. The summed E-state index contributed by atoms with van der Waals surface area (Å²) in [5.74, 6) is -0.919. The highest BCUT2D eigenvalue weighted by molar-refractivity contribution is 7.81. The number of carbonyl (C=O) groups excluding carboxylic acids is 3. The van der Waals surface area contributed by atoms with Gasteiger partial charge in [0.05, 0.1) is 4.92 Å². The maximum atomic E-state index is 13.3. The average molecular weight is 466 g/mol. The predicted octanol–water partition coefficient (Wildman–Crippen LogP) is 0.621. The lowest BCUT2D eigenvalue weighted by Crippen LogP contribution is -2.52. The molecular weight excluding hydrogens is 438 g/mol. The van der Waals surface area contributed by atoms with Gasteiger partial charge in [-0.1, -0.05) is 0 Å². The van der Waals surface area contributed by atoms with Gasteiger partial charge in [-0.2, -0.15) is 12.6 Å². The maximum Gasteiger partial charge on any atom is 0.410 e. The van der Waals surface area contributed by atoms with Crippen molar-refractivity contribution in [2.45, 2.75) is 42.8 Å². The van der Waals surface area contributed by atoms with Gasteiger partial charge in [0.15, 0.2) is 0 Å². The maximum absolute atomic E-state index is 13.3. The van der Waals surface area contributed by atoms with Crippen LogP contribution >= 0.6 is 12.6 Å². The number of likely N-dealkylation sites (tertiary alicyclic amines) is 2. The Kier molecular flexibility index (Phi) is 7.24. The van der Waals surface area contributed by atoms with E-state index in [2.05, 4.69) is 12.6 Å². The fourth-order valence-electron chi connectivity index (χ4n) is 4.08. The highest BCUT2D eigenvalue weighted by atomic mass is 32.1. The monoisotopic (exact) mass is 465 g/mol. The van der Waals surface area contributed by atoms with Crippen molar-refractivity contribution in [1.82, 2.24) is 14.7 Å². The number of nitro benzene ring substituents is 1. The zero-order valence-corrected chi connectivity index (χ0v) is 18.8. The van der Waals surface area contributed by atoms with E-state index in [0.717, 1.165) is 0 Å². The molecule has 2 N–H and O–H groups in total. The van der Waals surface area contributed by atoms with Crippen LogP contribution in [0, 0.1) is 10.1 Å². The molecule has 2 heterocycles. The zero-order valence-electron chi connectivity index (χ0n) is 17.9. The van der Waals surface area contributed by atoms with Crippen molar-refractivity contribution < 1.29 is 24.0 Å². The summed E-state index contributed by atoms with van der Waals surface area (Å²) in [6, 6.07) is 4.12. The zero-order chi connectivity index (χ0) is 23.6. The Labute approximate surface area is 191 Å². The number of hydrogen-bond acceptors (Lipinski definition) is 8. The van der Waals surface area contributed by atoms with Crippen LogP contribution in [0.4, 0.5) is 10.5 Å². The average Bonchev–Trinajstić information content (AvgIpc) is 3.36. The molecule has 174 valence electrons. The molecule has 2 aliphatic rings. The fraction of sp³-hybridized carbons (Fsp3) is 0.550. The van der Waals surface area contributed by atoms with E-state index < -0.39 is 29.0 Å². The number of nitrogens with two attached hydrogens (primary N) is 1. The van der Waals surface area contributed by atoms with Gasteiger partial charge >= 0.3 is 6.09 Å². The second-order valence-electron chi connectivity index (χ2n) is 8.30. The number of primary amides is 1. The molecule has 0 saturated carbocycles. The Morgan fingerprint density at radius 1 is 1.16 bits per heavy atom. The van der Waals surface area contributed by atoms with Crippen LogP contribution < -0.4 is 5.73 Å². The largest absolute Gasteiger partial charge is 0.445 e. The van der Waals surface area contributed by atoms with Crippen LogP contribution in [-0.2, 0) is 20.9 Å². The molecule has 3 amide bonds. The highest BCUT2D eigenvalue weighted by Gasteiger charge is 2.46. The van der Waals surface area contributed by atoms with E-state index in [1.807, 2.05) is 19.0 Å². The highest BCUT2D eigenvalue weighted by Crippen LogP contribution is 2.29. The van der Waals surface area contributed by atoms with Gasteiger partial charge in [0.2, 0.25) is 11.8 Å². The van der Waals surface area contributed by atoms with E-state index >= 15 is 0 Å². The first-order chi connectivity index (χ1) is 15.1. The summed E-state index contributed by atoms with van der Waals surface area (Å²) in [4.78, 5) is 53.0. The quantitative estimate of drug-likeness (QED) is 0.357. The van der Waals surface area contributed by atoms with Crippen LogP contribution in [0.25, 0.3) is 0 Å². The Morgan fingerprint density at radius 2 is 1.81 bits per heavy atom. The SMILES string of the molecule is CN(C)C1CC(C(N)=O)N(C(=O)[C@@H]2C[C@H](S)CN2C(=O)OCc2ccc([N+](=O)[O-])cc2)C1. The smallest absolute Gasteiger partial charge is 0.410 e. The van der Waals surface area contributed by atoms with Crippen LogP contribution in [0.1, 0.15) is 18.4 Å². The number of carbonyl (C=O) groups is 3. The third kappa shape index (κ3) is 5.13. The normalized spacial score (nSPS) is 25.2. The summed E-state index contributed by atoms with van der Waals surface area (Å²) in [6.45, 7) is 0.478. The van der Waals surface area contributed by atoms with Crippen molar-refractivity contribution in [2.75, 3.05) is 27.2 Å². The first-order valence-electron chi connectivity index (χ1n) is 10.2. The summed E-state index contributed by atoms with van der Waals surface area (Å²) in [6.07, 6.45) is 0.0935. The van der Waals surface area contributed by atoms with Crippen LogP contribution in [0.2, 0.25) is 0 Å². The van der Waals surface area contributed by atoms with Crippen LogP contribution in [0.15, 0.2) is 24.3 Å². The van der Waals surface area contributed by atoms with Gasteiger partial charge in [-0.15, -0.1) is 0 Å². The molecular formula is C20H27N5O6S. The van der Waals surface area contributed by atoms with E-state index in [4.69, 9.17) is 10.5 Å². The number of non-ortho nitro benzene ring substituents is 1. The topological polar surface area (TPSA) is 139 Å². The number of amides is 3. The van der Waals surface area contributed by atoms with Gasteiger partial charge in [0.1, 0.15) is 18.7 Å². The molecule has 2 saturated heterocycles. The van der Waals surface area contributed by atoms with Gasteiger partial charge in [0, 0.05) is 36.5 Å². The summed E-state index contributed by atoms with van der Waals surface area (Å²) >= 11 is 4.44. The predicted molar refractivity (Wildman–Crippen MR) is 118 cm³/mol. The molecule has 3 rings (SSSR count). The lowest BCUT2D eigenvalue weighted by atomic mass is 10.1. The molecule has 2 aliphatic heterocycles. The van der Waals surface area contributed by atoms with E-state index in [1.54, 1.807) is 0 Å². The Bertz CT molecular complexity index is 895. The third-order valence-corrected chi connectivity index (χ3v) is 6.30. The number of hydrogen-bond donors (Lipinski definition) is 2. The first kappa shape index (κ1) is 23.8. The summed E-state index contributed by atoms with van der Waals surface area (Å²) in [5, 5.41) is 10.5. The van der Waals surface area contributed by atoms with Gasteiger partial charge in [-0.3, -0.25) is 24.6 Å². The lowest BCUT2D eigenvalue weighted by molar-refractivity contribution is -0.384. The van der Waals surface area contributed by atoms with Crippen LogP contribution in [0.5, 0.6) is 0 Å². The van der Waals surface area contributed by atoms with Gasteiger partial charge in [-0.25, -0.2) is 4.79 Å². The minimum atomic E-state index is -0.801. The Balaban J connectivity index is 1.68. The summed E-state index contributed by atoms with van der Waals surface area (Å²) in [5.41, 5.74) is 6.05. The molecule has 12 heteroatoms. The van der Waals surface area contributed by atoms with E-state index in [9.17, 15) is 24.5 Å². The van der Waals surface area contributed by atoms with Crippen molar-refractivity contribution in [1.29, 1.82) is 0 Å². The standard InChI is InChI=1S/C20H27N5O6S/c1-22(2)14-7-16(18(21)26)23(9-14)19(27)17-8-15(32)10-24(17)20(28)31-11-12-3-5-13(6-4-12)25(29)30/h3-6,14-17,32H,7-11H2,1-2H3,(H2,21,26)/t14?,15-,16?,17-/m0/s1. The Morgan fingerprint density at radius 3 is 2.38 bits per heavy atom. The number of nitro groups is 1. The van der Waals surface area contributed by atoms with Crippen molar-refractivity contribution in [3.8, 4) is 0 Å². The number of thiol groups is 1. The summed E-state index contributed by atoms with van der Waals surface area (Å²) in [7, 11) is 3.75. The van der Waals surface area contributed by atoms with Gasteiger partial charge < -0.3 is 20.3 Å². The van der Waals surface area contributed by atoms with Crippen LogP contribution in [-0.4, -0.2) is 88.1 Å². The number of nitrogens with zero attached hydrogens (tertiary/aromatic N) is 4. The Hall–Kier alpha value is -2.86. The molecule has 32 heavy (non-hydrogen) atoms. The second kappa shape index (κ2) is 9.74. The molecule has 0 spiro atoms. The molecule has 0 radical (unpaired) electrons. The molecule has 0 bridgehead atoms. The van der Waals surface area contributed by atoms with Crippen molar-refractivity contribution in [3.63, 3.8) is 0 Å². The lowest BCUT2D eigenvalue weighted by Gasteiger charge is -2.30. The summed E-state index contributed by atoms with van der Waals surface area (Å²) < 4.78 is 5.35. The molecule has 2 fully saturated rings. The molecule has 1 aromatic rings. The van der Waals surface area contributed by atoms with E-state index in [1.165, 1.54) is 34.1 Å². The number of rotatable bonds is 6. The number of likely N-dealkylation sites (N-methyl/N-ethyl adjacent to an activating group) is 1. The molecule has 0 aromatic heterocycles. The molecule has 4 atom stereocenters. The number of benzene rings is 1.